The van der Waals surface area contributed by atoms with Gasteiger partial charge in [0.2, 0.25) is 0 Å². The molecule has 3 aliphatic rings. The fourth-order valence-electron chi connectivity index (χ4n) is 5.33. The number of aliphatic hydroxyl groups excluding tert-OH is 2. The lowest BCUT2D eigenvalue weighted by Crippen LogP contribution is -2.38. The van der Waals surface area contributed by atoms with Crippen LogP contribution in [0.3, 0.4) is 0 Å². The third-order valence-corrected chi connectivity index (χ3v) is 9.33. The molecule has 43 heavy (non-hydrogen) atoms. The van der Waals surface area contributed by atoms with Gasteiger partial charge in [0.15, 0.2) is 23.9 Å². The molecule has 3 aromatic heterocycles. The second-order valence-electron chi connectivity index (χ2n) is 10.0. The van der Waals surface area contributed by atoms with E-state index in [4.69, 9.17) is 33.3 Å². The minimum Gasteiger partial charge on any atom is -0.387 e. The molecule has 0 saturated carbocycles. The smallest absolute Gasteiger partial charge is 0.387 e. The SMILES string of the molecule is Nc1ncnc2c1ncn2[C@@H]1O[C@@H]2COP(=O)(O)OC3[C@@H](O)[C@@H](COP(=O)(O)O[C@H]1C2O)O[C@H]3n1cnc2ccccc21. The van der Waals surface area contributed by atoms with Gasteiger partial charge in [-0.2, -0.15) is 0 Å². The highest BCUT2D eigenvalue weighted by Crippen LogP contribution is 2.53. The molecular weight excluding hydrogens is 616 g/mol. The van der Waals surface area contributed by atoms with Gasteiger partial charge in [0, 0.05) is 0 Å². The summed E-state index contributed by atoms with van der Waals surface area (Å²) < 4.78 is 61.9. The number of imidazole rings is 2. The standard InChI is InChI=1S/C22H25N7O12P2/c23-19-14-20(25-7-24-19)29(9-27-14)22-18-16(31)13(39-22)6-37-42(32,33)40-17-15(30)12(5-36-43(34,35)41-18)38-21(17)28-8-26-10-3-1-2-4-11(10)28/h1-4,7-9,12-13,15-18,21-22,30-31H,5-6H2,(H,32,33)(H,34,35)(H2,23,24,25)/t12-,13-,15+,16?,17?,18+,21-,22-/m1/s1. The molecule has 7 rings (SSSR count). The number of benzene rings is 1. The number of ether oxygens (including phenoxy) is 2. The Morgan fingerprint density at radius 2 is 1.40 bits per heavy atom. The highest BCUT2D eigenvalue weighted by atomic mass is 31.2. The monoisotopic (exact) mass is 641 g/mol. The van der Waals surface area contributed by atoms with Gasteiger partial charge in [-0.05, 0) is 12.1 Å². The Morgan fingerprint density at radius 3 is 2.05 bits per heavy atom. The van der Waals surface area contributed by atoms with Crippen LogP contribution in [0, 0.1) is 0 Å². The molecule has 4 unspecified atom stereocenters. The van der Waals surface area contributed by atoms with Crippen LogP contribution in [0.4, 0.5) is 5.82 Å². The van der Waals surface area contributed by atoms with Crippen LogP contribution in [0.1, 0.15) is 12.5 Å². The summed E-state index contributed by atoms with van der Waals surface area (Å²) >= 11 is 0. The van der Waals surface area contributed by atoms with Crippen LogP contribution >= 0.6 is 15.6 Å². The van der Waals surface area contributed by atoms with Gasteiger partial charge >= 0.3 is 15.6 Å². The van der Waals surface area contributed by atoms with E-state index in [-0.39, 0.29) is 17.0 Å². The first-order valence-electron chi connectivity index (χ1n) is 12.8. The fourth-order valence-corrected chi connectivity index (χ4v) is 7.19. The lowest BCUT2D eigenvalue weighted by molar-refractivity contribution is -0.0674. The summed E-state index contributed by atoms with van der Waals surface area (Å²) in [6.45, 7) is -1.46. The van der Waals surface area contributed by atoms with Crippen LogP contribution in [-0.2, 0) is 36.7 Å². The summed E-state index contributed by atoms with van der Waals surface area (Å²) in [6, 6.07) is 6.93. The first kappa shape index (κ1) is 28.8. The molecule has 4 bridgehead atoms. The normalized spacial score (nSPS) is 38.9. The van der Waals surface area contributed by atoms with E-state index in [1.54, 1.807) is 24.3 Å². The number of aromatic nitrogens is 6. The van der Waals surface area contributed by atoms with Crippen molar-refractivity contribution < 1.29 is 56.7 Å². The molecule has 0 amide bonds. The zero-order chi connectivity index (χ0) is 30.1. The number of phosphoric ester groups is 2. The maximum absolute atomic E-state index is 13.1. The largest absolute Gasteiger partial charge is 0.472 e. The van der Waals surface area contributed by atoms with Gasteiger partial charge in [0.05, 0.1) is 36.9 Å². The number of anilines is 1. The molecule has 0 spiro atoms. The van der Waals surface area contributed by atoms with Crippen molar-refractivity contribution in [1.29, 1.82) is 0 Å². The summed E-state index contributed by atoms with van der Waals surface area (Å²) in [5.74, 6) is 0.0446. The summed E-state index contributed by atoms with van der Waals surface area (Å²) in [5.41, 5.74) is 7.31. The van der Waals surface area contributed by atoms with Crippen LogP contribution in [0.25, 0.3) is 22.2 Å². The summed E-state index contributed by atoms with van der Waals surface area (Å²) in [7, 11) is -9.95. The van der Waals surface area contributed by atoms with Crippen molar-refractivity contribution in [1.82, 2.24) is 29.1 Å². The Bertz CT molecular complexity index is 1770. The van der Waals surface area contributed by atoms with Crippen LogP contribution in [0.5, 0.6) is 0 Å². The average Bonchev–Trinajstić information content (AvgIpc) is 3.72. The Labute approximate surface area is 240 Å². The lowest BCUT2D eigenvalue weighted by Gasteiger charge is -2.26. The quantitative estimate of drug-likeness (QED) is 0.180. The first-order chi connectivity index (χ1) is 20.5. The Kier molecular flexibility index (Phi) is 7.13. The van der Waals surface area contributed by atoms with E-state index in [0.717, 1.165) is 6.33 Å². The van der Waals surface area contributed by atoms with Gasteiger partial charge < -0.3 is 39.8 Å². The minimum absolute atomic E-state index is 0.0446. The molecule has 230 valence electrons. The summed E-state index contributed by atoms with van der Waals surface area (Å²) in [6.07, 6.45) is -7.96. The number of nitrogens with zero attached hydrogens (tertiary/aromatic N) is 6. The third kappa shape index (κ3) is 5.16. The zero-order valence-corrected chi connectivity index (χ0v) is 23.6. The van der Waals surface area contributed by atoms with E-state index < -0.39 is 77.9 Å². The summed E-state index contributed by atoms with van der Waals surface area (Å²) in [5, 5.41) is 22.1. The number of para-hydroxylation sites is 2. The predicted molar refractivity (Wildman–Crippen MR) is 141 cm³/mol. The van der Waals surface area contributed by atoms with Gasteiger partial charge in [0.1, 0.15) is 48.5 Å². The maximum atomic E-state index is 13.1. The highest BCUT2D eigenvalue weighted by molar-refractivity contribution is 7.47. The van der Waals surface area contributed by atoms with Crippen molar-refractivity contribution in [3.05, 3.63) is 43.2 Å². The van der Waals surface area contributed by atoms with Crippen LogP contribution < -0.4 is 5.73 Å². The van der Waals surface area contributed by atoms with Crippen molar-refractivity contribution >= 4 is 43.7 Å². The van der Waals surface area contributed by atoms with Gasteiger partial charge in [-0.3, -0.25) is 22.7 Å². The highest BCUT2D eigenvalue weighted by Gasteiger charge is 2.53. The van der Waals surface area contributed by atoms with Gasteiger partial charge in [-0.25, -0.2) is 29.1 Å². The number of nitrogens with two attached hydrogens (primary N) is 1. The minimum atomic E-state index is -4.99. The van der Waals surface area contributed by atoms with Gasteiger partial charge in [-0.1, -0.05) is 12.1 Å². The molecule has 4 aromatic rings. The van der Waals surface area contributed by atoms with Crippen molar-refractivity contribution in [2.45, 2.75) is 49.1 Å². The Hall–Kier alpha value is -2.90. The zero-order valence-electron chi connectivity index (χ0n) is 21.8. The molecule has 19 nitrogen and oxygen atoms in total. The molecule has 6 N–H and O–H groups in total. The molecule has 1 aromatic carbocycles. The molecule has 0 aliphatic carbocycles. The molecule has 0 radical (unpaired) electrons. The molecular formula is C22H25N7O12P2. The Morgan fingerprint density at radius 1 is 0.814 bits per heavy atom. The first-order valence-corrected chi connectivity index (χ1v) is 15.8. The van der Waals surface area contributed by atoms with Crippen molar-refractivity contribution in [3.8, 4) is 0 Å². The number of rotatable bonds is 2. The third-order valence-electron chi connectivity index (χ3n) is 7.36. The van der Waals surface area contributed by atoms with E-state index >= 15 is 0 Å². The molecule has 10 atom stereocenters. The molecule has 3 fully saturated rings. The van der Waals surface area contributed by atoms with E-state index in [2.05, 4.69) is 19.9 Å². The number of fused-ring (bicyclic) bond motifs is 6. The van der Waals surface area contributed by atoms with Crippen LogP contribution in [-0.4, -0.2) is 98.9 Å². The van der Waals surface area contributed by atoms with E-state index in [9.17, 15) is 29.1 Å². The molecule has 21 heteroatoms. The molecule has 6 heterocycles. The number of hydrogen-bond acceptors (Lipinski definition) is 15. The predicted octanol–water partition coefficient (Wildman–Crippen LogP) is -0.00700. The number of phosphoric acid groups is 2. The van der Waals surface area contributed by atoms with Gasteiger partial charge in [-0.15, -0.1) is 0 Å². The van der Waals surface area contributed by atoms with Crippen molar-refractivity contribution in [2.75, 3.05) is 18.9 Å². The van der Waals surface area contributed by atoms with Crippen molar-refractivity contribution in [2.24, 2.45) is 0 Å². The fraction of sp³-hybridized carbons (Fsp3) is 0.455. The molecule has 3 aliphatic heterocycles. The average molecular weight is 641 g/mol. The Balaban J connectivity index is 1.22. The number of hydrogen-bond donors (Lipinski definition) is 5. The van der Waals surface area contributed by atoms with E-state index in [1.807, 2.05) is 0 Å². The molecule has 3 saturated heterocycles. The van der Waals surface area contributed by atoms with Gasteiger partial charge in [0.25, 0.3) is 0 Å². The lowest BCUT2D eigenvalue weighted by atomic mass is 10.1. The number of nitrogen functional groups attached to an aromatic ring is 1. The number of aliphatic hydroxyl groups is 2. The topological polar surface area (TPSA) is 258 Å². The second kappa shape index (κ2) is 10.6. The maximum Gasteiger partial charge on any atom is 0.472 e. The van der Waals surface area contributed by atoms with E-state index in [0.29, 0.717) is 11.0 Å². The van der Waals surface area contributed by atoms with Crippen molar-refractivity contribution in [3.63, 3.8) is 0 Å². The second-order valence-corrected chi connectivity index (χ2v) is 12.8. The van der Waals surface area contributed by atoms with Crippen LogP contribution in [0.15, 0.2) is 43.2 Å². The van der Waals surface area contributed by atoms with E-state index in [1.165, 1.54) is 21.8 Å². The van der Waals surface area contributed by atoms with Crippen LogP contribution in [0.2, 0.25) is 0 Å². The summed E-state index contributed by atoms with van der Waals surface area (Å²) in [4.78, 5) is 37.7.